The van der Waals surface area contributed by atoms with Crippen molar-refractivity contribution >= 4 is 17.5 Å². The van der Waals surface area contributed by atoms with E-state index in [0.29, 0.717) is 0 Å². The van der Waals surface area contributed by atoms with E-state index in [9.17, 15) is 9.59 Å². The summed E-state index contributed by atoms with van der Waals surface area (Å²) in [6, 6.07) is 3.55. The van der Waals surface area contributed by atoms with Crippen molar-refractivity contribution in [1.29, 1.82) is 0 Å². The van der Waals surface area contributed by atoms with Crippen LogP contribution >= 0.6 is 0 Å². The Balaban J connectivity index is 2.32. The minimum absolute atomic E-state index is 0.000835. The first-order chi connectivity index (χ1) is 10.5. The summed E-state index contributed by atoms with van der Waals surface area (Å²) in [6.07, 6.45) is 4.50. The predicted molar refractivity (Wildman–Crippen MR) is 89.0 cm³/mol. The van der Waals surface area contributed by atoms with E-state index in [1.54, 1.807) is 0 Å². The number of carbonyl (C=O) groups is 2. The summed E-state index contributed by atoms with van der Waals surface area (Å²) in [5.41, 5.74) is 4.12. The van der Waals surface area contributed by atoms with Gasteiger partial charge in [-0.15, -0.1) is 0 Å². The van der Waals surface area contributed by atoms with Crippen LogP contribution in [0.15, 0.2) is 12.1 Å². The van der Waals surface area contributed by atoms with Crippen molar-refractivity contribution in [2.75, 3.05) is 11.4 Å². The van der Waals surface area contributed by atoms with Crippen molar-refractivity contribution in [3.63, 3.8) is 0 Å². The Morgan fingerprint density at radius 2 is 1.86 bits per heavy atom. The van der Waals surface area contributed by atoms with Crippen LogP contribution in [0.25, 0.3) is 0 Å². The molecule has 1 aliphatic heterocycles. The Morgan fingerprint density at radius 1 is 1.18 bits per heavy atom. The van der Waals surface area contributed by atoms with Crippen LogP contribution < -0.4 is 10.2 Å². The first-order valence-electron chi connectivity index (χ1n) is 8.16. The van der Waals surface area contributed by atoms with Gasteiger partial charge in [0, 0.05) is 19.0 Å². The number of hydrogen-bond donors (Lipinski definition) is 1. The van der Waals surface area contributed by atoms with Gasteiger partial charge in [-0.2, -0.15) is 0 Å². The zero-order valence-electron chi connectivity index (χ0n) is 14.0. The smallest absolute Gasteiger partial charge is 0.254 e. The highest BCUT2D eigenvalue weighted by Gasteiger charge is 2.39. The van der Waals surface area contributed by atoms with Crippen LogP contribution in [-0.4, -0.2) is 18.4 Å². The standard InChI is InChI=1S/C18H26N2O2/c1-5-6-7-8-11-20-17-13(3)10-9-12(2)15(17)16(18(20)22)19-14(4)21/h9-10,16H,5-8,11H2,1-4H3,(H,19,21)/t16-/m1/s1. The fourth-order valence-electron chi connectivity index (χ4n) is 3.19. The molecule has 0 spiro atoms. The van der Waals surface area contributed by atoms with E-state index in [-0.39, 0.29) is 11.8 Å². The molecule has 1 aromatic rings. The van der Waals surface area contributed by atoms with E-state index in [2.05, 4.69) is 18.3 Å². The van der Waals surface area contributed by atoms with Gasteiger partial charge in [0.05, 0.1) is 5.69 Å². The van der Waals surface area contributed by atoms with Crippen molar-refractivity contribution in [2.24, 2.45) is 0 Å². The highest BCUT2D eigenvalue weighted by molar-refractivity contribution is 6.07. The number of carbonyl (C=O) groups excluding carboxylic acids is 2. The van der Waals surface area contributed by atoms with Gasteiger partial charge >= 0.3 is 0 Å². The van der Waals surface area contributed by atoms with Gasteiger partial charge < -0.3 is 10.2 Å². The Bertz CT molecular complexity index is 581. The van der Waals surface area contributed by atoms with Crippen LogP contribution in [-0.2, 0) is 9.59 Å². The topological polar surface area (TPSA) is 49.4 Å². The first-order valence-corrected chi connectivity index (χ1v) is 8.16. The Labute approximate surface area is 132 Å². The number of nitrogens with one attached hydrogen (secondary N) is 1. The minimum atomic E-state index is -0.529. The molecule has 2 rings (SSSR count). The van der Waals surface area contributed by atoms with Crippen LogP contribution in [0.2, 0.25) is 0 Å². The Morgan fingerprint density at radius 3 is 2.50 bits per heavy atom. The number of anilines is 1. The maximum absolute atomic E-state index is 12.8. The number of unbranched alkanes of at least 4 members (excludes halogenated alkanes) is 3. The first kappa shape index (κ1) is 16.5. The van der Waals surface area contributed by atoms with Crippen LogP contribution in [0.4, 0.5) is 5.69 Å². The summed E-state index contributed by atoms with van der Waals surface area (Å²) in [6.45, 7) is 8.40. The predicted octanol–water partition coefficient (Wildman–Crippen LogP) is 3.41. The van der Waals surface area contributed by atoms with Crippen molar-refractivity contribution in [3.8, 4) is 0 Å². The summed E-state index contributed by atoms with van der Waals surface area (Å²) >= 11 is 0. The molecular weight excluding hydrogens is 276 g/mol. The van der Waals surface area contributed by atoms with E-state index >= 15 is 0 Å². The molecule has 4 nitrogen and oxygen atoms in total. The Kier molecular flexibility index (Phi) is 5.22. The molecule has 0 fully saturated rings. The number of fused-ring (bicyclic) bond motifs is 1. The molecule has 0 saturated heterocycles. The number of aryl methyl sites for hydroxylation is 2. The Hall–Kier alpha value is -1.84. The van der Waals surface area contributed by atoms with Gasteiger partial charge in [0.1, 0.15) is 6.04 Å². The molecule has 1 aromatic carbocycles. The fourth-order valence-corrected chi connectivity index (χ4v) is 3.19. The van der Waals surface area contributed by atoms with Crippen LogP contribution in [0, 0.1) is 13.8 Å². The van der Waals surface area contributed by atoms with E-state index in [1.165, 1.54) is 19.8 Å². The molecule has 2 amide bonds. The van der Waals surface area contributed by atoms with Gasteiger partial charge in [0.25, 0.3) is 5.91 Å². The summed E-state index contributed by atoms with van der Waals surface area (Å²) < 4.78 is 0. The number of benzene rings is 1. The van der Waals surface area contributed by atoms with Crippen LogP contribution in [0.1, 0.15) is 62.3 Å². The second kappa shape index (κ2) is 6.95. The van der Waals surface area contributed by atoms with Gasteiger partial charge in [-0.1, -0.05) is 38.3 Å². The highest BCUT2D eigenvalue weighted by atomic mass is 16.2. The zero-order valence-corrected chi connectivity index (χ0v) is 14.0. The minimum Gasteiger partial charge on any atom is -0.341 e. The van der Waals surface area contributed by atoms with E-state index in [4.69, 9.17) is 0 Å². The van der Waals surface area contributed by atoms with Gasteiger partial charge in [-0.05, 0) is 31.4 Å². The number of rotatable bonds is 6. The van der Waals surface area contributed by atoms with Gasteiger partial charge in [-0.3, -0.25) is 9.59 Å². The SMILES string of the molecule is CCCCCCN1C(=O)[C@H](NC(C)=O)c2c(C)ccc(C)c21. The number of nitrogens with zero attached hydrogens (tertiary/aromatic N) is 1. The molecule has 0 aliphatic carbocycles. The molecule has 4 heteroatoms. The van der Waals surface area contributed by atoms with Crippen molar-refractivity contribution in [1.82, 2.24) is 5.32 Å². The van der Waals surface area contributed by atoms with Crippen molar-refractivity contribution in [3.05, 3.63) is 28.8 Å². The summed E-state index contributed by atoms with van der Waals surface area (Å²) in [5, 5.41) is 2.82. The summed E-state index contributed by atoms with van der Waals surface area (Å²) in [7, 11) is 0. The van der Waals surface area contributed by atoms with E-state index in [0.717, 1.165) is 41.8 Å². The monoisotopic (exact) mass is 302 g/mol. The zero-order chi connectivity index (χ0) is 16.3. The second-order valence-corrected chi connectivity index (χ2v) is 6.15. The van der Waals surface area contributed by atoms with Crippen molar-refractivity contribution < 1.29 is 9.59 Å². The summed E-state index contributed by atoms with van der Waals surface area (Å²) in [5.74, 6) is -0.169. The third-order valence-electron chi connectivity index (χ3n) is 4.29. The molecule has 0 bridgehead atoms. The lowest BCUT2D eigenvalue weighted by Crippen LogP contribution is -2.37. The molecular formula is C18H26N2O2. The fraction of sp³-hybridized carbons (Fsp3) is 0.556. The molecule has 1 aliphatic rings. The van der Waals surface area contributed by atoms with E-state index in [1.807, 2.05) is 24.8 Å². The van der Waals surface area contributed by atoms with E-state index < -0.39 is 6.04 Å². The molecule has 0 saturated carbocycles. The average molecular weight is 302 g/mol. The summed E-state index contributed by atoms with van der Waals surface area (Å²) in [4.78, 5) is 26.1. The van der Waals surface area contributed by atoms with Crippen LogP contribution in [0.3, 0.4) is 0 Å². The normalized spacial score (nSPS) is 16.8. The van der Waals surface area contributed by atoms with Gasteiger partial charge in [0.15, 0.2) is 0 Å². The lowest BCUT2D eigenvalue weighted by molar-refractivity contribution is -0.126. The molecule has 1 atom stereocenters. The van der Waals surface area contributed by atoms with Gasteiger partial charge in [-0.25, -0.2) is 0 Å². The molecule has 1 N–H and O–H groups in total. The molecule has 22 heavy (non-hydrogen) atoms. The van der Waals surface area contributed by atoms with Crippen LogP contribution in [0.5, 0.6) is 0 Å². The molecule has 0 unspecified atom stereocenters. The quantitative estimate of drug-likeness (QED) is 0.819. The number of hydrogen-bond acceptors (Lipinski definition) is 2. The number of amides is 2. The third kappa shape index (κ3) is 3.16. The lowest BCUT2D eigenvalue weighted by atomic mass is 9.99. The lowest BCUT2D eigenvalue weighted by Gasteiger charge is -2.19. The maximum Gasteiger partial charge on any atom is 0.254 e. The third-order valence-corrected chi connectivity index (χ3v) is 4.29. The molecule has 1 heterocycles. The molecule has 120 valence electrons. The second-order valence-electron chi connectivity index (χ2n) is 6.15. The molecule has 0 radical (unpaired) electrons. The largest absolute Gasteiger partial charge is 0.341 e. The maximum atomic E-state index is 12.8. The van der Waals surface area contributed by atoms with Crippen molar-refractivity contribution in [2.45, 2.75) is 59.4 Å². The van der Waals surface area contributed by atoms with Gasteiger partial charge in [0.2, 0.25) is 5.91 Å². The highest BCUT2D eigenvalue weighted by Crippen LogP contribution is 2.40. The average Bonchev–Trinajstić information content (AvgIpc) is 2.73. The molecule has 0 aromatic heterocycles.